The first-order chi connectivity index (χ1) is 4.52. The van der Waals surface area contributed by atoms with E-state index < -0.39 is 18.5 Å². The van der Waals surface area contributed by atoms with E-state index in [-0.39, 0.29) is 12.2 Å². The molecule has 1 N–H and O–H groups in total. The van der Waals surface area contributed by atoms with E-state index in [4.69, 9.17) is 5.11 Å². The number of hydrogen-bond acceptors (Lipinski definition) is 4. The van der Waals surface area contributed by atoms with E-state index in [1.807, 2.05) is 0 Å². The van der Waals surface area contributed by atoms with Crippen LogP contribution < -0.4 is 5.11 Å². The molecule has 58 valence electrons. The van der Waals surface area contributed by atoms with E-state index in [0.717, 1.165) is 0 Å². The van der Waals surface area contributed by atoms with Gasteiger partial charge in [-0.05, 0) is 6.92 Å². The normalized spacial score (nSPS) is 12.6. The summed E-state index contributed by atoms with van der Waals surface area (Å²) in [5.41, 5.74) is 0. The van der Waals surface area contributed by atoms with Crippen molar-refractivity contribution in [2.24, 2.45) is 0 Å². The van der Waals surface area contributed by atoms with E-state index in [9.17, 15) is 14.7 Å². The molecular weight excluding hydrogens is 136 g/mol. The zero-order chi connectivity index (χ0) is 8.15. The monoisotopic (exact) mass is 145 g/mol. The average Bonchev–Trinajstić information content (AvgIpc) is 1.58. The van der Waals surface area contributed by atoms with Gasteiger partial charge in [-0.3, -0.25) is 4.79 Å². The molecule has 0 aliphatic rings. The van der Waals surface area contributed by atoms with Crippen LogP contribution in [0.4, 0.5) is 0 Å². The van der Waals surface area contributed by atoms with Crippen molar-refractivity contribution in [1.82, 2.24) is 0 Å². The molecule has 0 radical (unpaired) electrons. The minimum Gasteiger partial charge on any atom is -0.550 e. The fraction of sp³-hybridized carbons (Fsp3) is 0.667. The first-order valence-electron chi connectivity index (χ1n) is 2.89. The fourth-order valence-electron chi connectivity index (χ4n) is 0.596. The van der Waals surface area contributed by atoms with E-state index in [2.05, 4.69) is 0 Å². The number of carboxylic acid groups (broad SMARTS) is 1. The van der Waals surface area contributed by atoms with Gasteiger partial charge in [-0.25, -0.2) is 0 Å². The van der Waals surface area contributed by atoms with Gasteiger partial charge in [0.2, 0.25) is 0 Å². The van der Waals surface area contributed by atoms with Gasteiger partial charge in [0, 0.05) is 18.8 Å². The number of aliphatic hydroxyl groups is 1. The van der Waals surface area contributed by atoms with Gasteiger partial charge in [-0.2, -0.15) is 0 Å². The summed E-state index contributed by atoms with van der Waals surface area (Å²) < 4.78 is 0. The Hall–Kier alpha value is -0.900. The molecule has 0 fully saturated rings. The minimum absolute atomic E-state index is 0.117. The molecule has 0 saturated heterocycles. The maximum atomic E-state index is 10.3. The summed E-state index contributed by atoms with van der Waals surface area (Å²) in [5.74, 6) is -1.57. The highest BCUT2D eigenvalue weighted by Crippen LogP contribution is 1.96. The predicted octanol–water partition coefficient (Wildman–Crippen LogP) is -1.53. The summed E-state index contributed by atoms with van der Waals surface area (Å²) in [6, 6.07) is 0. The summed E-state index contributed by atoms with van der Waals surface area (Å²) in [6.07, 6.45) is -1.68. The van der Waals surface area contributed by atoms with Gasteiger partial charge in [0.15, 0.2) is 0 Å². The molecule has 0 aromatic carbocycles. The van der Waals surface area contributed by atoms with Crippen LogP contribution in [0.25, 0.3) is 0 Å². The summed E-state index contributed by atoms with van der Waals surface area (Å²) >= 11 is 0. The molecule has 0 heterocycles. The van der Waals surface area contributed by atoms with Crippen molar-refractivity contribution < 1.29 is 19.8 Å². The number of aliphatic hydroxyl groups excluding tert-OH is 1. The van der Waals surface area contributed by atoms with E-state index in [1.165, 1.54) is 6.92 Å². The molecule has 0 aromatic heterocycles. The minimum atomic E-state index is -1.34. The highest BCUT2D eigenvalue weighted by atomic mass is 16.4. The van der Waals surface area contributed by atoms with Gasteiger partial charge in [0.25, 0.3) is 0 Å². The van der Waals surface area contributed by atoms with E-state index in [0.29, 0.717) is 0 Å². The van der Waals surface area contributed by atoms with Crippen LogP contribution in [0.5, 0.6) is 0 Å². The van der Waals surface area contributed by atoms with Gasteiger partial charge in [0.1, 0.15) is 5.78 Å². The lowest BCUT2D eigenvalue weighted by Gasteiger charge is -2.07. The lowest BCUT2D eigenvalue weighted by atomic mass is 10.1. The molecule has 10 heavy (non-hydrogen) atoms. The molecule has 1 atom stereocenters. The molecule has 0 aliphatic heterocycles. The Balaban J connectivity index is 3.53. The Kier molecular flexibility index (Phi) is 3.64. The van der Waals surface area contributed by atoms with Crippen molar-refractivity contribution in [3.8, 4) is 0 Å². The maximum Gasteiger partial charge on any atom is 0.132 e. The van der Waals surface area contributed by atoms with Crippen molar-refractivity contribution in [1.29, 1.82) is 0 Å². The number of carboxylic acids is 1. The standard InChI is InChI=1S/C6H10O4/c1-4(7)2-5(8)3-6(9)10/h5,8H,2-3H2,1H3,(H,9,10)/p-1. The van der Waals surface area contributed by atoms with Crippen molar-refractivity contribution >= 4 is 11.8 Å². The quantitative estimate of drug-likeness (QED) is 0.520. The van der Waals surface area contributed by atoms with E-state index in [1.54, 1.807) is 0 Å². The van der Waals surface area contributed by atoms with Crippen LogP contribution in [-0.2, 0) is 9.59 Å². The van der Waals surface area contributed by atoms with Crippen molar-refractivity contribution in [3.63, 3.8) is 0 Å². The third-order valence-corrected chi connectivity index (χ3v) is 0.925. The number of carbonyl (C=O) groups excluding carboxylic acids is 2. The first kappa shape index (κ1) is 9.10. The summed E-state index contributed by atoms with van der Waals surface area (Å²) in [5, 5.41) is 18.6. The molecule has 0 amide bonds. The number of aliphatic carboxylic acids is 1. The third-order valence-electron chi connectivity index (χ3n) is 0.925. The smallest absolute Gasteiger partial charge is 0.132 e. The molecule has 0 aromatic rings. The molecule has 4 nitrogen and oxygen atoms in total. The molecule has 1 unspecified atom stereocenters. The Labute approximate surface area is 58.5 Å². The van der Waals surface area contributed by atoms with Crippen LogP contribution in [-0.4, -0.2) is 23.0 Å². The second-order valence-corrected chi connectivity index (χ2v) is 2.14. The molecule has 4 heteroatoms. The second-order valence-electron chi connectivity index (χ2n) is 2.14. The van der Waals surface area contributed by atoms with Gasteiger partial charge >= 0.3 is 0 Å². The molecule has 0 spiro atoms. The molecule has 0 rings (SSSR count). The van der Waals surface area contributed by atoms with Crippen molar-refractivity contribution in [3.05, 3.63) is 0 Å². The fourth-order valence-corrected chi connectivity index (χ4v) is 0.596. The Morgan fingerprint density at radius 3 is 2.30 bits per heavy atom. The van der Waals surface area contributed by atoms with E-state index >= 15 is 0 Å². The van der Waals surface area contributed by atoms with Crippen LogP contribution in [0.2, 0.25) is 0 Å². The molecule has 0 saturated carbocycles. The zero-order valence-corrected chi connectivity index (χ0v) is 5.66. The van der Waals surface area contributed by atoms with Crippen LogP contribution in [0.15, 0.2) is 0 Å². The Bertz CT molecular complexity index is 125. The topological polar surface area (TPSA) is 77.4 Å². The van der Waals surface area contributed by atoms with Crippen LogP contribution in [0.1, 0.15) is 19.8 Å². The largest absolute Gasteiger partial charge is 0.550 e. The van der Waals surface area contributed by atoms with Gasteiger partial charge < -0.3 is 15.0 Å². The Morgan fingerprint density at radius 1 is 1.50 bits per heavy atom. The average molecular weight is 145 g/mol. The molecule has 0 bridgehead atoms. The number of carbonyl (C=O) groups is 2. The number of hydrogen-bond donors (Lipinski definition) is 1. The number of rotatable bonds is 4. The first-order valence-corrected chi connectivity index (χ1v) is 2.89. The Morgan fingerprint density at radius 2 is 2.00 bits per heavy atom. The lowest BCUT2D eigenvalue weighted by Crippen LogP contribution is -2.28. The third kappa shape index (κ3) is 5.24. The second kappa shape index (κ2) is 4.00. The maximum absolute atomic E-state index is 10.3. The van der Waals surface area contributed by atoms with Gasteiger partial charge in [-0.1, -0.05) is 0 Å². The predicted molar refractivity (Wildman–Crippen MR) is 30.9 cm³/mol. The number of Topliss-reactive ketones (excluding diaryl/α,β-unsaturated/α-hetero) is 1. The zero-order valence-electron chi connectivity index (χ0n) is 5.66. The highest BCUT2D eigenvalue weighted by Gasteiger charge is 2.06. The summed E-state index contributed by atoms with van der Waals surface area (Å²) in [4.78, 5) is 20.1. The van der Waals surface area contributed by atoms with Crippen molar-refractivity contribution in [2.75, 3.05) is 0 Å². The SMILES string of the molecule is CC(=O)CC(O)CC(=O)[O-]. The van der Waals surface area contributed by atoms with Crippen LogP contribution in [0.3, 0.4) is 0 Å². The lowest BCUT2D eigenvalue weighted by molar-refractivity contribution is -0.307. The van der Waals surface area contributed by atoms with Crippen molar-refractivity contribution in [2.45, 2.75) is 25.9 Å². The number of ketones is 1. The van der Waals surface area contributed by atoms with Crippen LogP contribution in [0, 0.1) is 0 Å². The van der Waals surface area contributed by atoms with Gasteiger partial charge in [0.05, 0.1) is 6.10 Å². The van der Waals surface area contributed by atoms with Crippen LogP contribution >= 0.6 is 0 Å². The summed E-state index contributed by atoms with van der Waals surface area (Å²) in [6.45, 7) is 1.29. The highest BCUT2D eigenvalue weighted by molar-refractivity contribution is 5.76. The molecular formula is C6H9O4-. The van der Waals surface area contributed by atoms with Gasteiger partial charge in [-0.15, -0.1) is 0 Å². The molecule has 0 aliphatic carbocycles. The summed E-state index contributed by atoms with van der Waals surface area (Å²) in [7, 11) is 0.